The Bertz CT molecular complexity index is 345. The van der Waals surface area contributed by atoms with Crippen LogP contribution in [0.4, 0.5) is 0 Å². The van der Waals surface area contributed by atoms with E-state index in [9.17, 15) is 0 Å². The van der Waals surface area contributed by atoms with E-state index in [1.165, 1.54) is 0 Å². The van der Waals surface area contributed by atoms with Crippen molar-refractivity contribution in [2.24, 2.45) is 4.99 Å². The summed E-state index contributed by atoms with van der Waals surface area (Å²) in [6.45, 7) is 4.31. The SMILES string of the molecule is C[C@@H]1N=C(CCc2ccccn2)N[C@@H]1C. The molecule has 0 bridgehead atoms. The van der Waals surface area contributed by atoms with E-state index < -0.39 is 0 Å². The Kier molecular flexibility index (Phi) is 2.99. The molecule has 0 saturated carbocycles. The first kappa shape index (κ1) is 10.1. The molecule has 1 aromatic rings. The monoisotopic (exact) mass is 203 g/mol. The lowest BCUT2D eigenvalue weighted by Gasteiger charge is -2.08. The van der Waals surface area contributed by atoms with Gasteiger partial charge in [0.25, 0.3) is 0 Å². The number of nitrogens with zero attached hydrogens (tertiary/aromatic N) is 2. The Labute approximate surface area is 90.6 Å². The summed E-state index contributed by atoms with van der Waals surface area (Å²) in [7, 11) is 0. The van der Waals surface area contributed by atoms with Crippen molar-refractivity contribution in [1.82, 2.24) is 10.3 Å². The molecular weight excluding hydrogens is 186 g/mol. The van der Waals surface area contributed by atoms with E-state index in [-0.39, 0.29) is 0 Å². The first-order chi connectivity index (χ1) is 7.25. The number of aliphatic imine (C=N–C) groups is 1. The van der Waals surface area contributed by atoms with E-state index in [1.807, 2.05) is 18.3 Å². The molecule has 2 atom stereocenters. The molecule has 0 spiro atoms. The standard InChI is InChI=1S/C12H17N3/c1-9-10(2)15-12(14-9)7-6-11-5-3-4-8-13-11/h3-5,8-10H,6-7H2,1-2H3,(H,14,15)/t9-,10+. The number of hydrogen-bond acceptors (Lipinski definition) is 3. The summed E-state index contributed by atoms with van der Waals surface area (Å²) in [5, 5.41) is 3.40. The summed E-state index contributed by atoms with van der Waals surface area (Å²) in [5.41, 5.74) is 1.13. The highest BCUT2D eigenvalue weighted by molar-refractivity contribution is 5.84. The van der Waals surface area contributed by atoms with Crippen LogP contribution in [0.1, 0.15) is 26.0 Å². The van der Waals surface area contributed by atoms with Gasteiger partial charge in [-0.15, -0.1) is 0 Å². The number of amidine groups is 1. The molecule has 0 unspecified atom stereocenters. The van der Waals surface area contributed by atoms with Gasteiger partial charge in [-0.2, -0.15) is 0 Å². The Balaban J connectivity index is 1.87. The fourth-order valence-electron chi connectivity index (χ4n) is 1.71. The minimum atomic E-state index is 0.406. The van der Waals surface area contributed by atoms with Gasteiger partial charge in [-0.25, -0.2) is 0 Å². The van der Waals surface area contributed by atoms with Crippen molar-refractivity contribution in [2.75, 3.05) is 0 Å². The molecule has 2 rings (SSSR count). The highest BCUT2D eigenvalue weighted by Gasteiger charge is 2.19. The van der Waals surface area contributed by atoms with Gasteiger partial charge in [-0.3, -0.25) is 9.98 Å². The number of hydrogen-bond donors (Lipinski definition) is 1. The molecule has 0 saturated heterocycles. The minimum absolute atomic E-state index is 0.406. The van der Waals surface area contributed by atoms with E-state index in [0.29, 0.717) is 12.1 Å². The van der Waals surface area contributed by atoms with Crippen LogP contribution in [-0.4, -0.2) is 22.9 Å². The van der Waals surface area contributed by atoms with Crippen LogP contribution in [0, 0.1) is 0 Å². The Hall–Kier alpha value is -1.38. The van der Waals surface area contributed by atoms with Crippen molar-refractivity contribution in [1.29, 1.82) is 0 Å². The van der Waals surface area contributed by atoms with E-state index in [2.05, 4.69) is 35.2 Å². The predicted octanol–water partition coefficient (Wildman–Crippen LogP) is 1.79. The van der Waals surface area contributed by atoms with Crippen LogP contribution < -0.4 is 5.32 Å². The number of nitrogens with one attached hydrogen (secondary N) is 1. The molecule has 1 N–H and O–H groups in total. The zero-order chi connectivity index (χ0) is 10.7. The zero-order valence-electron chi connectivity index (χ0n) is 9.27. The molecular formula is C12H17N3. The number of rotatable bonds is 3. The third-order valence-corrected chi connectivity index (χ3v) is 2.82. The van der Waals surface area contributed by atoms with Crippen LogP contribution in [0.15, 0.2) is 29.4 Å². The molecule has 0 aliphatic carbocycles. The van der Waals surface area contributed by atoms with Gasteiger partial charge in [0.1, 0.15) is 0 Å². The molecule has 1 aliphatic rings. The van der Waals surface area contributed by atoms with Gasteiger partial charge in [0.2, 0.25) is 0 Å². The van der Waals surface area contributed by atoms with Gasteiger partial charge in [-0.05, 0) is 32.4 Å². The molecule has 80 valence electrons. The van der Waals surface area contributed by atoms with Gasteiger partial charge in [0.15, 0.2) is 0 Å². The summed E-state index contributed by atoms with van der Waals surface area (Å²) >= 11 is 0. The van der Waals surface area contributed by atoms with Gasteiger partial charge < -0.3 is 5.32 Å². The first-order valence-electron chi connectivity index (χ1n) is 5.49. The van der Waals surface area contributed by atoms with Crippen LogP contribution in [0.5, 0.6) is 0 Å². The summed E-state index contributed by atoms with van der Waals surface area (Å²) in [6, 6.07) is 6.91. The summed E-state index contributed by atoms with van der Waals surface area (Å²) in [5.74, 6) is 1.13. The topological polar surface area (TPSA) is 37.3 Å². The van der Waals surface area contributed by atoms with Crippen molar-refractivity contribution in [3.8, 4) is 0 Å². The summed E-state index contributed by atoms with van der Waals surface area (Å²) in [6.07, 6.45) is 3.77. The van der Waals surface area contributed by atoms with Crippen molar-refractivity contribution in [3.63, 3.8) is 0 Å². The van der Waals surface area contributed by atoms with Gasteiger partial charge >= 0.3 is 0 Å². The van der Waals surface area contributed by atoms with E-state index >= 15 is 0 Å². The van der Waals surface area contributed by atoms with Crippen LogP contribution in [-0.2, 0) is 6.42 Å². The molecule has 0 aromatic carbocycles. The highest BCUT2D eigenvalue weighted by atomic mass is 15.1. The summed E-state index contributed by atoms with van der Waals surface area (Å²) in [4.78, 5) is 8.86. The number of aryl methyl sites for hydroxylation is 1. The molecule has 2 heterocycles. The largest absolute Gasteiger partial charge is 0.369 e. The normalized spacial score (nSPS) is 24.8. The smallest absolute Gasteiger partial charge is 0.0974 e. The maximum Gasteiger partial charge on any atom is 0.0974 e. The highest BCUT2D eigenvalue weighted by Crippen LogP contribution is 2.09. The van der Waals surface area contributed by atoms with Crippen LogP contribution >= 0.6 is 0 Å². The summed E-state index contributed by atoms with van der Waals surface area (Å²) < 4.78 is 0. The Morgan fingerprint density at radius 3 is 2.73 bits per heavy atom. The van der Waals surface area contributed by atoms with E-state index in [0.717, 1.165) is 24.4 Å². The number of aromatic nitrogens is 1. The lowest BCUT2D eigenvalue weighted by atomic mass is 10.2. The van der Waals surface area contributed by atoms with Crippen molar-refractivity contribution >= 4 is 5.84 Å². The lowest BCUT2D eigenvalue weighted by molar-refractivity contribution is 0.600. The molecule has 0 fully saturated rings. The first-order valence-corrected chi connectivity index (χ1v) is 5.49. The van der Waals surface area contributed by atoms with Crippen LogP contribution in [0.3, 0.4) is 0 Å². The van der Waals surface area contributed by atoms with Crippen LogP contribution in [0.25, 0.3) is 0 Å². The maximum absolute atomic E-state index is 4.56. The van der Waals surface area contributed by atoms with Crippen molar-refractivity contribution < 1.29 is 0 Å². The second kappa shape index (κ2) is 4.43. The quantitative estimate of drug-likeness (QED) is 0.813. The second-order valence-corrected chi connectivity index (χ2v) is 4.07. The molecule has 0 radical (unpaired) electrons. The Morgan fingerprint density at radius 2 is 2.13 bits per heavy atom. The second-order valence-electron chi connectivity index (χ2n) is 4.07. The molecule has 0 amide bonds. The van der Waals surface area contributed by atoms with Crippen molar-refractivity contribution in [2.45, 2.75) is 38.8 Å². The fraction of sp³-hybridized carbons (Fsp3) is 0.500. The molecule has 3 heteroatoms. The van der Waals surface area contributed by atoms with Crippen LogP contribution in [0.2, 0.25) is 0 Å². The molecule has 3 nitrogen and oxygen atoms in total. The maximum atomic E-state index is 4.56. The minimum Gasteiger partial charge on any atom is -0.369 e. The average Bonchev–Trinajstić information content (AvgIpc) is 2.57. The van der Waals surface area contributed by atoms with Crippen molar-refractivity contribution in [3.05, 3.63) is 30.1 Å². The lowest BCUT2D eigenvalue weighted by Crippen LogP contribution is -2.30. The molecule has 1 aliphatic heterocycles. The molecule has 1 aromatic heterocycles. The van der Waals surface area contributed by atoms with Gasteiger partial charge in [0.05, 0.1) is 11.9 Å². The van der Waals surface area contributed by atoms with Gasteiger partial charge in [-0.1, -0.05) is 6.07 Å². The van der Waals surface area contributed by atoms with Gasteiger partial charge in [0, 0.05) is 24.4 Å². The fourth-order valence-corrected chi connectivity index (χ4v) is 1.71. The third-order valence-electron chi connectivity index (χ3n) is 2.82. The zero-order valence-corrected chi connectivity index (χ0v) is 9.27. The number of pyridine rings is 1. The van der Waals surface area contributed by atoms with E-state index in [1.54, 1.807) is 0 Å². The molecule has 15 heavy (non-hydrogen) atoms. The van der Waals surface area contributed by atoms with E-state index in [4.69, 9.17) is 0 Å². The third kappa shape index (κ3) is 2.55. The predicted molar refractivity (Wildman–Crippen MR) is 62.1 cm³/mol. The average molecular weight is 203 g/mol. The Morgan fingerprint density at radius 1 is 1.27 bits per heavy atom.